The number of hydrogen-bond donors (Lipinski definition) is 2. The summed E-state index contributed by atoms with van der Waals surface area (Å²) < 4.78 is 27.1. The number of aryl methyl sites for hydroxylation is 1. The van der Waals surface area contributed by atoms with Crippen molar-refractivity contribution < 1.29 is 18.3 Å². The van der Waals surface area contributed by atoms with E-state index in [4.69, 9.17) is 16.7 Å². The van der Waals surface area contributed by atoms with Crippen LogP contribution in [0.5, 0.6) is 0 Å². The van der Waals surface area contributed by atoms with E-state index in [-0.39, 0.29) is 22.8 Å². The third kappa shape index (κ3) is 4.77. The van der Waals surface area contributed by atoms with E-state index in [2.05, 4.69) is 4.72 Å². The lowest BCUT2D eigenvalue weighted by Gasteiger charge is -2.25. The van der Waals surface area contributed by atoms with Gasteiger partial charge in [-0.1, -0.05) is 17.7 Å². The van der Waals surface area contributed by atoms with Gasteiger partial charge in [-0.15, -0.1) is 0 Å². The molecule has 5 nitrogen and oxygen atoms in total. The summed E-state index contributed by atoms with van der Waals surface area (Å²) in [5, 5.41) is 8.81. The summed E-state index contributed by atoms with van der Waals surface area (Å²) in [5.41, 5.74) is -0.00934. The van der Waals surface area contributed by atoms with Crippen LogP contribution in [0, 0.1) is 6.92 Å². The average molecular weight is 320 g/mol. The van der Waals surface area contributed by atoms with Crippen LogP contribution in [0.25, 0.3) is 0 Å². The first kappa shape index (κ1) is 16.9. The van der Waals surface area contributed by atoms with Crippen molar-refractivity contribution >= 4 is 27.6 Å². The van der Waals surface area contributed by atoms with Crippen LogP contribution in [-0.2, 0) is 14.8 Å². The van der Waals surface area contributed by atoms with Crippen LogP contribution in [0.4, 0.5) is 0 Å². The number of hydrogen-bond acceptors (Lipinski definition) is 3. The first-order chi connectivity index (χ1) is 9.03. The zero-order valence-corrected chi connectivity index (χ0v) is 13.2. The number of rotatable bonds is 6. The third-order valence-corrected chi connectivity index (χ3v) is 4.93. The van der Waals surface area contributed by atoms with E-state index in [1.54, 1.807) is 26.0 Å². The Morgan fingerprint density at radius 1 is 1.40 bits per heavy atom. The largest absolute Gasteiger partial charge is 0.481 e. The summed E-state index contributed by atoms with van der Waals surface area (Å²) in [5.74, 6) is -0.967. The number of carbonyl (C=O) groups is 1. The van der Waals surface area contributed by atoms with Crippen LogP contribution in [0.1, 0.15) is 32.3 Å². The summed E-state index contributed by atoms with van der Waals surface area (Å²) in [6.07, 6.45) is 0.0716. The molecule has 0 aliphatic carbocycles. The second-order valence-electron chi connectivity index (χ2n) is 5.32. The van der Waals surface area contributed by atoms with E-state index in [0.717, 1.165) is 5.56 Å². The first-order valence-electron chi connectivity index (χ1n) is 6.05. The zero-order valence-electron chi connectivity index (χ0n) is 11.6. The van der Waals surface area contributed by atoms with Crippen LogP contribution in [0.3, 0.4) is 0 Å². The fourth-order valence-electron chi connectivity index (χ4n) is 1.71. The molecule has 0 bridgehead atoms. The van der Waals surface area contributed by atoms with Gasteiger partial charge >= 0.3 is 5.97 Å². The predicted octanol–water partition coefficient (Wildman–Crippen LogP) is 2.57. The molecule has 0 atom stereocenters. The van der Waals surface area contributed by atoms with E-state index in [1.807, 2.05) is 6.92 Å². The molecule has 0 fully saturated rings. The molecule has 7 heteroatoms. The van der Waals surface area contributed by atoms with Gasteiger partial charge in [-0.05, 0) is 44.9 Å². The maximum atomic E-state index is 12.3. The number of nitrogens with one attached hydrogen (secondary N) is 1. The molecule has 1 aromatic rings. The number of sulfonamides is 1. The topological polar surface area (TPSA) is 83.5 Å². The fraction of sp³-hybridized carbons (Fsp3) is 0.462. The van der Waals surface area contributed by atoms with Gasteiger partial charge in [0.15, 0.2) is 0 Å². The Bertz CT molecular complexity index is 611. The summed E-state index contributed by atoms with van der Waals surface area (Å²) in [7, 11) is -3.79. The van der Waals surface area contributed by atoms with Gasteiger partial charge in [0.05, 0.1) is 5.02 Å². The summed E-state index contributed by atoms with van der Waals surface area (Å²) >= 11 is 5.96. The number of carboxylic acids is 1. The van der Waals surface area contributed by atoms with Gasteiger partial charge in [-0.2, -0.15) is 0 Å². The van der Waals surface area contributed by atoms with E-state index in [0.29, 0.717) is 0 Å². The number of carboxylic acid groups (broad SMARTS) is 1. The van der Waals surface area contributed by atoms with Crippen molar-refractivity contribution in [2.75, 3.05) is 0 Å². The highest BCUT2D eigenvalue weighted by atomic mass is 35.5. The van der Waals surface area contributed by atoms with E-state index in [9.17, 15) is 13.2 Å². The normalized spacial score (nSPS) is 12.4. The molecule has 0 heterocycles. The SMILES string of the molecule is Cc1ccc(S(=O)(=O)NC(C)(C)CCC(=O)O)c(Cl)c1. The van der Waals surface area contributed by atoms with Crippen molar-refractivity contribution in [3.63, 3.8) is 0 Å². The molecule has 0 aliphatic rings. The Morgan fingerprint density at radius 2 is 2.00 bits per heavy atom. The van der Waals surface area contributed by atoms with Crippen molar-refractivity contribution in [2.24, 2.45) is 0 Å². The number of benzene rings is 1. The molecular formula is C13H18ClNO4S. The molecule has 0 unspecified atom stereocenters. The molecule has 0 saturated carbocycles. The van der Waals surface area contributed by atoms with Crippen LogP contribution >= 0.6 is 11.6 Å². The van der Waals surface area contributed by atoms with Gasteiger partial charge in [-0.25, -0.2) is 13.1 Å². The van der Waals surface area contributed by atoms with Crippen LogP contribution in [-0.4, -0.2) is 25.0 Å². The van der Waals surface area contributed by atoms with Crippen molar-refractivity contribution in [3.8, 4) is 0 Å². The minimum absolute atomic E-state index is 0.00633. The van der Waals surface area contributed by atoms with Gasteiger partial charge in [0.25, 0.3) is 0 Å². The predicted molar refractivity (Wildman–Crippen MR) is 77.5 cm³/mol. The molecule has 0 saturated heterocycles. The molecule has 0 radical (unpaired) electrons. The smallest absolute Gasteiger partial charge is 0.303 e. The summed E-state index contributed by atoms with van der Waals surface area (Å²) in [4.78, 5) is 10.6. The summed E-state index contributed by atoms with van der Waals surface area (Å²) in [6.45, 7) is 5.08. The number of aliphatic carboxylic acids is 1. The van der Waals surface area contributed by atoms with Crippen molar-refractivity contribution in [3.05, 3.63) is 28.8 Å². The highest BCUT2D eigenvalue weighted by Gasteiger charge is 2.28. The molecule has 0 aliphatic heterocycles. The van der Waals surface area contributed by atoms with Crippen LogP contribution in [0.15, 0.2) is 23.1 Å². The van der Waals surface area contributed by atoms with Crippen molar-refractivity contribution in [2.45, 2.75) is 44.0 Å². The Morgan fingerprint density at radius 3 is 2.50 bits per heavy atom. The molecule has 112 valence electrons. The standard InChI is InChI=1S/C13H18ClNO4S/c1-9-4-5-11(10(14)8-9)20(18,19)15-13(2,3)7-6-12(16)17/h4-5,8,15H,6-7H2,1-3H3,(H,16,17). The minimum atomic E-state index is -3.79. The summed E-state index contributed by atoms with van der Waals surface area (Å²) in [6, 6.07) is 4.67. The van der Waals surface area contributed by atoms with Gasteiger partial charge in [0.2, 0.25) is 10.0 Å². The second-order valence-corrected chi connectivity index (χ2v) is 7.38. The number of halogens is 1. The average Bonchev–Trinajstić information content (AvgIpc) is 2.24. The highest BCUT2D eigenvalue weighted by molar-refractivity contribution is 7.89. The lowest BCUT2D eigenvalue weighted by molar-refractivity contribution is -0.137. The van der Waals surface area contributed by atoms with Gasteiger partial charge in [-0.3, -0.25) is 4.79 Å². The van der Waals surface area contributed by atoms with Crippen molar-refractivity contribution in [1.29, 1.82) is 0 Å². The fourth-order valence-corrected chi connectivity index (χ4v) is 3.76. The maximum absolute atomic E-state index is 12.3. The molecule has 1 rings (SSSR count). The van der Waals surface area contributed by atoms with Crippen LogP contribution < -0.4 is 4.72 Å². The zero-order chi connectivity index (χ0) is 15.6. The Balaban J connectivity index is 2.97. The first-order valence-corrected chi connectivity index (χ1v) is 7.91. The lowest BCUT2D eigenvalue weighted by atomic mass is 10.0. The van der Waals surface area contributed by atoms with Gasteiger partial charge in [0.1, 0.15) is 4.90 Å². The molecule has 2 N–H and O–H groups in total. The monoisotopic (exact) mass is 319 g/mol. The third-order valence-electron chi connectivity index (χ3n) is 2.75. The minimum Gasteiger partial charge on any atom is -0.481 e. The van der Waals surface area contributed by atoms with Crippen LogP contribution in [0.2, 0.25) is 5.02 Å². The quantitative estimate of drug-likeness (QED) is 0.844. The Kier molecular flexibility index (Phi) is 5.18. The van der Waals surface area contributed by atoms with Gasteiger partial charge in [0, 0.05) is 12.0 Å². The molecule has 20 heavy (non-hydrogen) atoms. The Labute approximate surface area is 124 Å². The molecular weight excluding hydrogens is 302 g/mol. The lowest BCUT2D eigenvalue weighted by Crippen LogP contribution is -2.43. The van der Waals surface area contributed by atoms with E-state index < -0.39 is 21.5 Å². The second kappa shape index (κ2) is 6.11. The Hall–Kier alpha value is -1.11. The highest BCUT2D eigenvalue weighted by Crippen LogP contribution is 2.24. The van der Waals surface area contributed by atoms with Gasteiger partial charge < -0.3 is 5.11 Å². The molecule has 0 aromatic heterocycles. The molecule has 1 aromatic carbocycles. The van der Waals surface area contributed by atoms with E-state index >= 15 is 0 Å². The maximum Gasteiger partial charge on any atom is 0.303 e. The molecule has 0 spiro atoms. The molecule has 0 amide bonds. The van der Waals surface area contributed by atoms with Crippen molar-refractivity contribution in [1.82, 2.24) is 4.72 Å². The van der Waals surface area contributed by atoms with E-state index in [1.165, 1.54) is 6.07 Å².